The number of thiazole rings is 1. The van der Waals surface area contributed by atoms with Crippen molar-refractivity contribution in [3.05, 3.63) is 39.3 Å². The molecule has 1 aromatic heterocycles. The zero-order chi connectivity index (χ0) is 15.9. The summed E-state index contributed by atoms with van der Waals surface area (Å²) in [6, 6.07) is 5.47. The molecule has 0 bridgehead atoms. The highest BCUT2D eigenvalue weighted by Crippen LogP contribution is 2.28. The highest BCUT2D eigenvalue weighted by molar-refractivity contribution is 7.09. The predicted molar refractivity (Wildman–Crippen MR) is 89.8 cm³/mol. The maximum absolute atomic E-state index is 11.3. The summed E-state index contributed by atoms with van der Waals surface area (Å²) < 4.78 is 5.56. The Morgan fingerprint density at radius 2 is 2.27 bits per heavy atom. The van der Waals surface area contributed by atoms with E-state index in [1.807, 2.05) is 24.4 Å². The summed E-state index contributed by atoms with van der Waals surface area (Å²) in [6.07, 6.45) is 0.312. The lowest BCUT2D eigenvalue weighted by molar-refractivity contribution is -0.119. The minimum atomic E-state index is -0.0369. The van der Waals surface area contributed by atoms with E-state index in [-0.39, 0.29) is 5.91 Å². The van der Waals surface area contributed by atoms with Crippen LogP contribution in [0.4, 0.5) is 5.69 Å². The molecule has 0 saturated heterocycles. The Kier molecular flexibility index (Phi) is 6.03. The molecular formula is C15H18ClN3O2S. The fraction of sp³-hybridized carbons (Fsp3) is 0.333. The first kappa shape index (κ1) is 16.6. The molecule has 1 amide bonds. The average Bonchev–Trinajstić information content (AvgIpc) is 2.94. The lowest BCUT2D eigenvalue weighted by Crippen LogP contribution is -2.19. The van der Waals surface area contributed by atoms with E-state index in [4.69, 9.17) is 16.3 Å². The van der Waals surface area contributed by atoms with Crippen LogP contribution in [0.5, 0.6) is 5.75 Å². The van der Waals surface area contributed by atoms with Crippen LogP contribution >= 0.6 is 22.9 Å². The first-order valence-corrected chi connectivity index (χ1v) is 8.18. The lowest BCUT2D eigenvalue weighted by Gasteiger charge is -2.11. The van der Waals surface area contributed by atoms with Gasteiger partial charge in [0.2, 0.25) is 5.91 Å². The van der Waals surface area contributed by atoms with E-state index in [1.165, 1.54) is 11.3 Å². The van der Waals surface area contributed by atoms with E-state index in [0.717, 1.165) is 22.1 Å². The van der Waals surface area contributed by atoms with Crippen molar-refractivity contribution in [2.45, 2.75) is 19.9 Å². The summed E-state index contributed by atoms with van der Waals surface area (Å²) in [7, 11) is 1.62. The SMILES string of the molecule is CCOc1cc(Cl)ccc1NCc1csc(CC(=O)NC)n1. The van der Waals surface area contributed by atoms with Gasteiger partial charge in [-0.1, -0.05) is 11.6 Å². The molecule has 0 aliphatic carbocycles. The van der Waals surface area contributed by atoms with Crippen molar-refractivity contribution in [3.8, 4) is 5.75 Å². The molecule has 22 heavy (non-hydrogen) atoms. The molecule has 7 heteroatoms. The number of amides is 1. The third-order valence-corrected chi connectivity index (χ3v) is 4.03. The van der Waals surface area contributed by atoms with Crippen LogP contribution in [0.3, 0.4) is 0 Å². The van der Waals surface area contributed by atoms with E-state index in [0.29, 0.717) is 24.6 Å². The Morgan fingerprint density at radius 3 is 3.00 bits per heavy atom. The van der Waals surface area contributed by atoms with Gasteiger partial charge in [-0.15, -0.1) is 11.3 Å². The third-order valence-electron chi connectivity index (χ3n) is 2.89. The lowest BCUT2D eigenvalue weighted by atomic mass is 10.3. The number of likely N-dealkylation sites (N-methyl/N-ethyl adjacent to an activating group) is 1. The van der Waals surface area contributed by atoms with E-state index in [2.05, 4.69) is 15.6 Å². The monoisotopic (exact) mass is 339 g/mol. The Bertz CT molecular complexity index is 645. The first-order chi connectivity index (χ1) is 10.6. The van der Waals surface area contributed by atoms with E-state index in [1.54, 1.807) is 13.1 Å². The summed E-state index contributed by atoms with van der Waals surface area (Å²) >= 11 is 7.46. The van der Waals surface area contributed by atoms with Gasteiger partial charge in [-0.2, -0.15) is 0 Å². The third kappa shape index (κ3) is 4.61. The Hall–Kier alpha value is -1.79. The standard InChI is InChI=1S/C15H18ClN3O2S/c1-3-21-13-6-10(16)4-5-12(13)18-8-11-9-22-15(19-11)7-14(20)17-2/h4-6,9,18H,3,7-8H2,1-2H3,(H,17,20). The minimum Gasteiger partial charge on any atom is -0.492 e. The number of anilines is 1. The highest BCUT2D eigenvalue weighted by Gasteiger charge is 2.08. The fourth-order valence-corrected chi connectivity index (χ4v) is 2.79. The molecule has 0 saturated carbocycles. The summed E-state index contributed by atoms with van der Waals surface area (Å²) in [5.41, 5.74) is 1.76. The molecule has 0 aliphatic rings. The van der Waals surface area contributed by atoms with E-state index < -0.39 is 0 Å². The Balaban J connectivity index is 1.99. The van der Waals surface area contributed by atoms with Gasteiger partial charge >= 0.3 is 0 Å². The van der Waals surface area contributed by atoms with Gasteiger partial charge in [0.25, 0.3) is 0 Å². The molecule has 0 atom stereocenters. The summed E-state index contributed by atoms with van der Waals surface area (Å²) in [5.74, 6) is 0.681. The minimum absolute atomic E-state index is 0.0369. The zero-order valence-electron chi connectivity index (χ0n) is 12.5. The van der Waals surface area contributed by atoms with Crippen molar-refractivity contribution in [2.24, 2.45) is 0 Å². The van der Waals surface area contributed by atoms with Crippen molar-refractivity contribution >= 4 is 34.5 Å². The number of halogens is 1. The smallest absolute Gasteiger partial charge is 0.226 e. The molecule has 1 aromatic carbocycles. The number of nitrogens with zero attached hydrogens (tertiary/aromatic N) is 1. The number of aromatic nitrogens is 1. The van der Waals surface area contributed by atoms with Gasteiger partial charge in [0.15, 0.2) is 0 Å². The molecular weight excluding hydrogens is 322 g/mol. The number of rotatable bonds is 7. The molecule has 2 rings (SSSR count). The number of carbonyl (C=O) groups is 1. The highest BCUT2D eigenvalue weighted by atomic mass is 35.5. The largest absolute Gasteiger partial charge is 0.492 e. The van der Waals surface area contributed by atoms with Crippen LogP contribution in [-0.4, -0.2) is 24.5 Å². The number of hydrogen-bond acceptors (Lipinski definition) is 5. The summed E-state index contributed by atoms with van der Waals surface area (Å²) in [6.45, 7) is 3.06. The van der Waals surface area contributed by atoms with E-state index >= 15 is 0 Å². The van der Waals surface area contributed by atoms with Gasteiger partial charge < -0.3 is 15.4 Å². The fourth-order valence-electron chi connectivity index (χ4n) is 1.84. The van der Waals surface area contributed by atoms with Crippen molar-refractivity contribution in [1.29, 1.82) is 0 Å². The van der Waals surface area contributed by atoms with E-state index in [9.17, 15) is 4.79 Å². The van der Waals surface area contributed by atoms with Gasteiger partial charge in [-0.3, -0.25) is 4.79 Å². The van der Waals surface area contributed by atoms with Crippen LogP contribution in [0.15, 0.2) is 23.6 Å². The van der Waals surface area contributed by atoms with Crippen LogP contribution in [0.1, 0.15) is 17.6 Å². The second-order valence-corrected chi connectivity index (χ2v) is 5.89. The van der Waals surface area contributed by atoms with Gasteiger partial charge in [-0.05, 0) is 19.1 Å². The first-order valence-electron chi connectivity index (χ1n) is 6.92. The molecule has 0 spiro atoms. The normalized spacial score (nSPS) is 10.3. The van der Waals surface area contributed by atoms with Gasteiger partial charge in [0.1, 0.15) is 10.8 Å². The average molecular weight is 340 g/mol. The topological polar surface area (TPSA) is 63.2 Å². The molecule has 0 aliphatic heterocycles. The second-order valence-electron chi connectivity index (χ2n) is 4.51. The Morgan fingerprint density at radius 1 is 1.45 bits per heavy atom. The van der Waals surface area contributed by atoms with Crippen LogP contribution in [0, 0.1) is 0 Å². The van der Waals surface area contributed by atoms with Crippen LogP contribution in [0.25, 0.3) is 0 Å². The molecule has 2 aromatic rings. The molecule has 118 valence electrons. The zero-order valence-corrected chi connectivity index (χ0v) is 14.1. The van der Waals surface area contributed by atoms with Crippen LogP contribution in [0.2, 0.25) is 5.02 Å². The van der Waals surface area contributed by atoms with Crippen LogP contribution < -0.4 is 15.4 Å². The van der Waals surface area contributed by atoms with Gasteiger partial charge in [0.05, 0.1) is 31.0 Å². The molecule has 0 radical (unpaired) electrons. The summed E-state index contributed by atoms with van der Waals surface area (Å²) in [5, 5.41) is 9.26. The molecule has 5 nitrogen and oxygen atoms in total. The predicted octanol–water partition coefficient (Wildman–Crippen LogP) is 3.10. The quantitative estimate of drug-likeness (QED) is 0.813. The van der Waals surface area contributed by atoms with Crippen LogP contribution in [-0.2, 0) is 17.8 Å². The Labute approximate surface area is 138 Å². The number of carbonyl (C=O) groups excluding carboxylic acids is 1. The molecule has 2 N–H and O–H groups in total. The number of nitrogens with one attached hydrogen (secondary N) is 2. The molecule has 1 heterocycles. The number of hydrogen-bond donors (Lipinski definition) is 2. The summed E-state index contributed by atoms with van der Waals surface area (Å²) in [4.78, 5) is 15.8. The second kappa shape index (κ2) is 8.00. The number of ether oxygens (including phenoxy) is 1. The maximum Gasteiger partial charge on any atom is 0.226 e. The van der Waals surface area contributed by atoms with Gasteiger partial charge in [0, 0.05) is 23.5 Å². The maximum atomic E-state index is 11.3. The van der Waals surface area contributed by atoms with Crippen molar-refractivity contribution in [1.82, 2.24) is 10.3 Å². The molecule has 0 fully saturated rings. The van der Waals surface area contributed by atoms with Crippen molar-refractivity contribution in [3.63, 3.8) is 0 Å². The van der Waals surface area contributed by atoms with Crippen molar-refractivity contribution < 1.29 is 9.53 Å². The number of benzene rings is 1. The molecule has 0 unspecified atom stereocenters. The van der Waals surface area contributed by atoms with Gasteiger partial charge in [-0.25, -0.2) is 4.98 Å². The van der Waals surface area contributed by atoms with Crippen molar-refractivity contribution in [2.75, 3.05) is 19.0 Å².